The molecule has 4 aromatic rings. The zero-order valence-electron chi connectivity index (χ0n) is 14.2. The normalized spacial score (nSPS) is 11.7. The number of rotatable bonds is 2. The molecule has 0 bridgehead atoms. The molecule has 2 aromatic carbocycles. The van der Waals surface area contributed by atoms with E-state index in [2.05, 4.69) is 19.9 Å². The second-order valence-corrected chi connectivity index (χ2v) is 6.00. The van der Waals surface area contributed by atoms with Crippen molar-refractivity contribution in [1.82, 2.24) is 19.9 Å². The van der Waals surface area contributed by atoms with Gasteiger partial charge < -0.3 is 10.7 Å². The summed E-state index contributed by atoms with van der Waals surface area (Å²) in [6, 6.07) is 12.8. The van der Waals surface area contributed by atoms with Crippen LogP contribution in [0.4, 0.5) is 19.1 Å². The monoisotopic (exact) mass is 383 g/mol. The number of nitrogens with two attached hydrogens (primary N) is 1. The summed E-state index contributed by atoms with van der Waals surface area (Å²) in [5.41, 5.74) is 6.13. The fourth-order valence-corrected chi connectivity index (χ4v) is 2.77. The number of H-pyrrole nitrogens is 1. The van der Waals surface area contributed by atoms with Crippen LogP contribution in [0.5, 0.6) is 0 Å². The van der Waals surface area contributed by atoms with E-state index in [4.69, 9.17) is 5.73 Å². The summed E-state index contributed by atoms with van der Waals surface area (Å²) < 4.78 is 38.2. The van der Waals surface area contributed by atoms with Crippen molar-refractivity contribution in [2.24, 2.45) is 0 Å². The quantitative estimate of drug-likeness (QED) is 0.551. The van der Waals surface area contributed by atoms with Gasteiger partial charge in [-0.2, -0.15) is 13.2 Å². The summed E-state index contributed by atoms with van der Waals surface area (Å²) >= 11 is 0. The van der Waals surface area contributed by atoms with Gasteiger partial charge in [-0.25, -0.2) is 15.0 Å². The Balaban J connectivity index is 1.81. The van der Waals surface area contributed by atoms with Crippen molar-refractivity contribution in [2.75, 3.05) is 5.73 Å². The molecule has 4 rings (SSSR count). The number of nitrogens with zero attached hydrogens (tertiary/aromatic N) is 3. The fourth-order valence-electron chi connectivity index (χ4n) is 2.77. The Morgan fingerprint density at radius 3 is 2.29 bits per heavy atom. The summed E-state index contributed by atoms with van der Waals surface area (Å²) in [6.07, 6.45) is -4.43. The van der Waals surface area contributed by atoms with Gasteiger partial charge in [0.2, 0.25) is 5.95 Å². The number of anilines is 1. The highest BCUT2D eigenvalue weighted by Crippen LogP contribution is 2.31. The van der Waals surface area contributed by atoms with Crippen LogP contribution in [0.3, 0.4) is 0 Å². The molecule has 2 aromatic heterocycles. The maximum Gasteiger partial charge on any atom is 0.416 e. The second kappa shape index (κ2) is 6.45. The third kappa shape index (κ3) is 3.29. The highest BCUT2D eigenvalue weighted by molar-refractivity contribution is 5.79. The van der Waals surface area contributed by atoms with Crippen molar-refractivity contribution in [3.8, 4) is 22.8 Å². The Morgan fingerprint density at radius 2 is 1.57 bits per heavy atom. The van der Waals surface area contributed by atoms with Crippen molar-refractivity contribution in [1.29, 1.82) is 0 Å². The third-order valence-electron chi connectivity index (χ3n) is 4.11. The van der Waals surface area contributed by atoms with Crippen LogP contribution in [0.25, 0.3) is 33.7 Å². The van der Waals surface area contributed by atoms with Crippen LogP contribution in [0.15, 0.2) is 59.4 Å². The molecule has 0 saturated heterocycles. The molecule has 0 atom stereocenters. The van der Waals surface area contributed by atoms with E-state index in [1.165, 1.54) is 18.2 Å². The molecule has 28 heavy (non-hydrogen) atoms. The summed E-state index contributed by atoms with van der Waals surface area (Å²) in [7, 11) is 0. The molecule has 3 N–H and O–H groups in total. The average Bonchev–Trinajstić information content (AvgIpc) is 2.67. The van der Waals surface area contributed by atoms with Crippen molar-refractivity contribution < 1.29 is 13.2 Å². The van der Waals surface area contributed by atoms with Crippen molar-refractivity contribution in [3.63, 3.8) is 0 Å². The Kier molecular flexibility index (Phi) is 4.07. The molecule has 0 aliphatic carbocycles. The van der Waals surface area contributed by atoms with E-state index in [-0.39, 0.29) is 23.0 Å². The predicted molar refractivity (Wildman–Crippen MR) is 98.2 cm³/mol. The van der Waals surface area contributed by atoms with E-state index < -0.39 is 11.7 Å². The summed E-state index contributed by atoms with van der Waals surface area (Å²) in [6.45, 7) is 0. The first-order valence-electron chi connectivity index (χ1n) is 8.13. The molecule has 6 nitrogen and oxygen atoms in total. The van der Waals surface area contributed by atoms with Gasteiger partial charge in [0.15, 0.2) is 5.82 Å². The van der Waals surface area contributed by atoms with Gasteiger partial charge in [-0.05, 0) is 30.3 Å². The van der Waals surface area contributed by atoms with Crippen molar-refractivity contribution in [2.45, 2.75) is 6.18 Å². The van der Waals surface area contributed by atoms with Crippen LogP contribution < -0.4 is 11.3 Å². The number of benzene rings is 2. The smallest absolute Gasteiger partial charge is 0.368 e. The molecular formula is C19H12F3N5O. The van der Waals surface area contributed by atoms with Crippen LogP contribution in [0.2, 0.25) is 0 Å². The second-order valence-electron chi connectivity index (χ2n) is 6.00. The van der Waals surface area contributed by atoms with Gasteiger partial charge in [-0.1, -0.05) is 24.3 Å². The number of hydrogen-bond acceptors (Lipinski definition) is 5. The number of aromatic amines is 1. The minimum atomic E-state index is -4.43. The largest absolute Gasteiger partial charge is 0.416 e. The number of aromatic nitrogens is 4. The molecule has 0 aliphatic heterocycles. The number of alkyl halides is 3. The Labute approximate surface area is 155 Å². The topological polar surface area (TPSA) is 97.5 Å². The van der Waals surface area contributed by atoms with Crippen LogP contribution in [-0.2, 0) is 6.18 Å². The van der Waals surface area contributed by atoms with Gasteiger partial charge in [0.1, 0.15) is 5.69 Å². The lowest BCUT2D eigenvalue weighted by molar-refractivity contribution is -0.137. The van der Waals surface area contributed by atoms with E-state index in [0.29, 0.717) is 22.2 Å². The first kappa shape index (κ1) is 17.7. The molecule has 0 spiro atoms. The minimum Gasteiger partial charge on any atom is -0.368 e. The van der Waals surface area contributed by atoms with Gasteiger partial charge in [0.25, 0.3) is 5.56 Å². The van der Waals surface area contributed by atoms with Crippen molar-refractivity contribution >= 4 is 16.9 Å². The summed E-state index contributed by atoms with van der Waals surface area (Å²) in [5, 5.41) is 0.427. The number of halogens is 3. The lowest BCUT2D eigenvalue weighted by Crippen LogP contribution is -2.10. The highest BCUT2D eigenvalue weighted by atomic mass is 19.4. The Hall–Kier alpha value is -3.75. The van der Waals surface area contributed by atoms with Crippen LogP contribution >= 0.6 is 0 Å². The SMILES string of the molecule is Nc1nc(-c2ccc(C(F)(F)F)cc2)cc(-c2nc3ccccc3c(=O)[nH]2)n1. The lowest BCUT2D eigenvalue weighted by atomic mass is 10.1. The lowest BCUT2D eigenvalue weighted by Gasteiger charge is -2.09. The van der Waals surface area contributed by atoms with Crippen LogP contribution in [0.1, 0.15) is 5.56 Å². The molecule has 2 heterocycles. The highest BCUT2D eigenvalue weighted by Gasteiger charge is 2.30. The molecule has 140 valence electrons. The average molecular weight is 383 g/mol. The number of nitrogen functional groups attached to an aromatic ring is 1. The first-order valence-corrected chi connectivity index (χ1v) is 8.13. The number of hydrogen-bond donors (Lipinski definition) is 2. The van der Waals surface area contributed by atoms with E-state index in [0.717, 1.165) is 12.1 Å². The fraction of sp³-hybridized carbons (Fsp3) is 0.0526. The van der Waals surface area contributed by atoms with Crippen LogP contribution in [-0.4, -0.2) is 19.9 Å². The van der Waals surface area contributed by atoms with Crippen molar-refractivity contribution in [3.05, 3.63) is 70.5 Å². The van der Waals surface area contributed by atoms with Gasteiger partial charge >= 0.3 is 6.18 Å². The summed E-state index contributed by atoms with van der Waals surface area (Å²) in [5.74, 6) is 0.0918. The van der Waals surface area contributed by atoms with E-state index in [1.54, 1.807) is 24.3 Å². The minimum absolute atomic E-state index is 0.0943. The predicted octanol–water partition coefficient (Wildman–Crippen LogP) is 3.65. The van der Waals surface area contributed by atoms with Crippen LogP contribution in [0, 0.1) is 0 Å². The molecule has 0 fully saturated rings. The Bertz CT molecular complexity index is 1230. The molecule has 0 saturated carbocycles. The Morgan fingerprint density at radius 1 is 0.893 bits per heavy atom. The molecule has 0 amide bonds. The third-order valence-corrected chi connectivity index (χ3v) is 4.11. The molecule has 0 radical (unpaired) electrons. The maximum atomic E-state index is 12.7. The summed E-state index contributed by atoms with van der Waals surface area (Å²) in [4.78, 5) is 27.4. The maximum absolute atomic E-state index is 12.7. The zero-order valence-corrected chi connectivity index (χ0v) is 14.2. The first-order chi connectivity index (χ1) is 13.3. The number of para-hydroxylation sites is 1. The van der Waals surface area contributed by atoms with E-state index in [9.17, 15) is 18.0 Å². The number of fused-ring (bicyclic) bond motifs is 1. The molecule has 0 unspecified atom stereocenters. The molecule has 9 heteroatoms. The standard InChI is InChI=1S/C19H12F3N5O/c20-19(21,22)11-7-5-10(6-8-11)14-9-15(26-18(23)25-14)16-24-13-4-2-1-3-12(13)17(28)27-16/h1-9H,(H2,23,25,26)(H,24,27,28). The molecular weight excluding hydrogens is 371 g/mol. The van der Waals surface area contributed by atoms with Gasteiger partial charge in [0.05, 0.1) is 22.2 Å². The van der Waals surface area contributed by atoms with E-state index >= 15 is 0 Å². The van der Waals surface area contributed by atoms with Gasteiger partial charge in [-0.3, -0.25) is 4.79 Å². The zero-order chi connectivity index (χ0) is 19.9. The molecule has 0 aliphatic rings. The van der Waals surface area contributed by atoms with E-state index in [1.807, 2.05) is 0 Å². The van der Waals surface area contributed by atoms with Gasteiger partial charge in [0, 0.05) is 5.56 Å². The number of nitrogens with one attached hydrogen (secondary N) is 1. The van der Waals surface area contributed by atoms with Gasteiger partial charge in [-0.15, -0.1) is 0 Å².